The van der Waals surface area contributed by atoms with Crippen molar-refractivity contribution in [2.75, 3.05) is 18.1 Å². The minimum absolute atomic E-state index is 0.297. The van der Waals surface area contributed by atoms with Crippen molar-refractivity contribution in [3.05, 3.63) is 53.6 Å². The van der Waals surface area contributed by atoms with Gasteiger partial charge in [-0.15, -0.1) is 0 Å². The maximum atomic E-state index is 11.7. The number of nitrogens with zero attached hydrogens (tertiary/aromatic N) is 1. The van der Waals surface area contributed by atoms with E-state index in [-0.39, 0.29) is 6.09 Å². The highest BCUT2D eigenvalue weighted by Crippen LogP contribution is 2.33. The number of carbonyl (C=O) groups is 1. The maximum absolute atomic E-state index is 11.7. The van der Waals surface area contributed by atoms with Crippen LogP contribution in [0, 0.1) is 0 Å². The Bertz CT molecular complexity index is 627. The third kappa shape index (κ3) is 2.29. The molecule has 4 heteroatoms. The summed E-state index contributed by atoms with van der Waals surface area (Å²) in [6.45, 7) is 1.01. The number of carbonyl (C=O) groups excluding carboxylic acids is 1. The van der Waals surface area contributed by atoms with Crippen LogP contribution in [0.2, 0.25) is 5.02 Å². The van der Waals surface area contributed by atoms with Crippen LogP contribution < -0.4 is 4.90 Å². The van der Waals surface area contributed by atoms with Gasteiger partial charge in [0.05, 0.1) is 12.2 Å². The molecule has 1 fully saturated rings. The van der Waals surface area contributed by atoms with Crippen molar-refractivity contribution < 1.29 is 9.53 Å². The summed E-state index contributed by atoms with van der Waals surface area (Å²) in [5, 5.41) is 0.677. The summed E-state index contributed by atoms with van der Waals surface area (Å²) in [6, 6.07) is 15.4. The van der Waals surface area contributed by atoms with E-state index in [1.807, 2.05) is 48.5 Å². The molecule has 1 aliphatic rings. The molecule has 1 saturated heterocycles. The average Bonchev–Trinajstić information content (AvgIpc) is 2.85. The second kappa shape index (κ2) is 4.94. The second-order valence-electron chi connectivity index (χ2n) is 4.29. The third-order valence-electron chi connectivity index (χ3n) is 3.09. The lowest BCUT2D eigenvalue weighted by atomic mass is 10.0. The van der Waals surface area contributed by atoms with Gasteiger partial charge in [0, 0.05) is 10.6 Å². The fourth-order valence-electron chi connectivity index (χ4n) is 2.22. The van der Waals surface area contributed by atoms with Crippen LogP contribution in [0.15, 0.2) is 48.5 Å². The highest BCUT2D eigenvalue weighted by atomic mass is 35.5. The van der Waals surface area contributed by atoms with E-state index in [1.165, 1.54) is 0 Å². The topological polar surface area (TPSA) is 29.5 Å². The monoisotopic (exact) mass is 273 g/mol. The maximum Gasteiger partial charge on any atom is 0.414 e. The highest BCUT2D eigenvalue weighted by Gasteiger charge is 2.25. The molecule has 0 saturated carbocycles. The van der Waals surface area contributed by atoms with Crippen LogP contribution in [0.3, 0.4) is 0 Å². The molecule has 3 rings (SSSR count). The van der Waals surface area contributed by atoms with Gasteiger partial charge in [-0.3, -0.25) is 4.90 Å². The number of cyclic esters (lactones) is 1. The van der Waals surface area contributed by atoms with Crippen LogP contribution in [0.25, 0.3) is 11.1 Å². The van der Waals surface area contributed by atoms with Gasteiger partial charge in [0.25, 0.3) is 0 Å². The van der Waals surface area contributed by atoms with Crippen LogP contribution >= 0.6 is 11.6 Å². The summed E-state index contributed by atoms with van der Waals surface area (Å²) < 4.78 is 5.00. The first-order chi connectivity index (χ1) is 9.25. The third-order valence-corrected chi connectivity index (χ3v) is 3.33. The first-order valence-electron chi connectivity index (χ1n) is 6.05. The standard InChI is InChI=1S/C15H12ClNO2/c16-12-5-3-4-11(10-12)13-6-1-2-7-14(13)17-8-9-19-15(17)18/h1-7,10H,8-9H2. The van der Waals surface area contributed by atoms with Crippen LogP contribution in [0.1, 0.15) is 0 Å². The summed E-state index contributed by atoms with van der Waals surface area (Å²) in [5.41, 5.74) is 2.82. The Kier molecular flexibility index (Phi) is 3.13. The molecule has 1 heterocycles. The van der Waals surface area contributed by atoms with Gasteiger partial charge in [0.1, 0.15) is 6.61 Å². The Labute approximate surface area is 116 Å². The molecule has 0 aliphatic carbocycles. The molecular formula is C15H12ClNO2. The molecule has 0 aromatic heterocycles. The molecule has 1 amide bonds. The molecule has 0 bridgehead atoms. The Hall–Kier alpha value is -2.00. The number of halogens is 1. The lowest BCUT2D eigenvalue weighted by molar-refractivity contribution is 0.181. The predicted octanol–water partition coefficient (Wildman–Crippen LogP) is 3.96. The SMILES string of the molecule is O=C1OCCN1c1ccccc1-c1cccc(Cl)c1. The van der Waals surface area contributed by atoms with Gasteiger partial charge in [-0.25, -0.2) is 4.79 Å². The smallest absolute Gasteiger partial charge is 0.414 e. The van der Waals surface area contributed by atoms with E-state index >= 15 is 0 Å². The highest BCUT2D eigenvalue weighted by molar-refractivity contribution is 6.30. The second-order valence-corrected chi connectivity index (χ2v) is 4.73. The van der Waals surface area contributed by atoms with Gasteiger partial charge in [0.2, 0.25) is 0 Å². The first kappa shape index (κ1) is 12.1. The number of amides is 1. The number of para-hydroxylation sites is 1. The van der Waals surface area contributed by atoms with Gasteiger partial charge in [0.15, 0.2) is 0 Å². The van der Waals surface area contributed by atoms with Crippen molar-refractivity contribution in [3.8, 4) is 11.1 Å². The van der Waals surface area contributed by atoms with E-state index in [1.54, 1.807) is 4.90 Å². The fraction of sp³-hybridized carbons (Fsp3) is 0.133. The van der Waals surface area contributed by atoms with Crippen LogP contribution in [0.4, 0.5) is 10.5 Å². The zero-order valence-corrected chi connectivity index (χ0v) is 10.9. The summed E-state index contributed by atoms with van der Waals surface area (Å²) in [7, 11) is 0. The number of hydrogen-bond donors (Lipinski definition) is 0. The molecule has 19 heavy (non-hydrogen) atoms. The Morgan fingerprint density at radius 3 is 2.68 bits per heavy atom. The van der Waals surface area contributed by atoms with Crippen molar-refractivity contribution >= 4 is 23.4 Å². The first-order valence-corrected chi connectivity index (χ1v) is 6.43. The van der Waals surface area contributed by atoms with Gasteiger partial charge < -0.3 is 4.74 Å². The number of anilines is 1. The lowest BCUT2D eigenvalue weighted by Crippen LogP contribution is -2.23. The zero-order valence-electron chi connectivity index (χ0n) is 10.2. The van der Waals surface area contributed by atoms with Crippen molar-refractivity contribution in [1.82, 2.24) is 0 Å². The molecule has 0 unspecified atom stereocenters. The molecule has 0 atom stereocenters. The molecule has 0 radical (unpaired) electrons. The average molecular weight is 274 g/mol. The van der Waals surface area contributed by atoms with Crippen molar-refractivity contribution in [3.63, 3.8) is 0 Å². The van der Waals surface area contributed by atoms with E-state index in [9.17, 15) is 4.79 Å². The van der Waals surface area contributed by atoms with E-state index in [0.717, 1.165) is 16.8 Å². The van der Waals surface area contributed by atoms with Crippen LogP contribution in [0.5, 0.6) is 0 Å². The summed E-state index contributed by atoms with van der Waals surface area (Å²) >= 11 is 6.03. The normalized spacial score (nSPS) is 14.6. The van der Waals surface area contributed by atoms with E-state index < -0.39 is 0 Å². The van der Waals surface area contributed by atoms with Crippen molar-refractivity contribution in [2.45, 2.75) is 0 Å². The lowest BCUT2D eigenvalue weighted by Gasteiger charge is -2.17. The number of hydrogen-bond acceptors (Lipinski definition) is 2. The van der Waals surface area contributed by atoms with Gasteiger partial charge in [-0.2, -0.15) is 0 Å². The number of rotatable bonds is 2. The fourth-order valence-corrected chi connectivity index (χ4v) is 2.41. The van der Waals surface area contributed by atoms with Gasteiger partial charge >= 0.3 is 6.09 Å². The van der Waals surface area contributed by atoms with Crippen molar-refractivity contribution in [2.24, 2.45) is 0 Å². The Morgan fingerprint density at radius 1 is 1.11 bits per heavy atom. The number of benzene rings is 2. The zero-order chi connectivity index (χ0) is 13.2. The van der Waals surface area contributed by atoms with Gasteiger partial charge in [-0.1, -0.05) is 41.9 Å². The molecule has 96 valence electrons. The van der Waals surface area contributed by atoms with E-state index in [2.05, 4.69) is 0 Å². The van der Waals surface area contributed by atoms with E-state index in [4.69, 9.17) is 16.3 Å². The largest absolute Gasteiger partial charge is 0.447 e. The van der Waals surface area contributed by atoms with Crippen LogP contribution in [-0.2, 0) is 4.74 Å². The van der Waals surface area contributed by atoms with Crippen molar-refractivity contribution in [1.29, 1.82) is 0 Å². The molecular weight excluding hydrogens is 262 g/mol. The van der Waals surface area contributed by atoms with E-state index in [0.29, 0.717) is 18.2 Å². The molecule has 2 aromatic rings. The summed E-state index contributed by atoms with van der Waals surface area (Å²) in [4.78, 5) is 13.4. The molecule has 3 nitrogen and oxygen atoms in total. The van der Waals surface area contributed by atoms with Crippen LogP contribution in [-0.4, -0.2) is 19.2 Å². The summed E-state index contributed by atoms with van der Waals surface area (Å²) in [6.07, 6.45) is -0.297. The molecule has 2 aromatic carbocycles. The Balaban J connectivity index is 2.09. The Morgan fingerprint density at radius 2 is 1.95 bits per heavy atom. The molecule has 0 N–H and O–H groups in total. The summed E-state index contributed by atoms with van der Waals surface area (Å²) in [5.74, 6) is 0. The minimum Gasteiger partial charge on any atom is -0.447 e. The van der Waals surface area contributed by atoms with Gasteiger partial charge in [-0.05, 0) is 23.8 Å². The minimum atomic E-state index is -0.297. The predicted molar refractivity (Wildman–Crippen MR) is 75.6 cm³/mol. The molecule has 1 aliphatic heterocycles. The quantitative estimate of drug-likeness (QED) is 0.829. The molecule has 0 spiro atoms. The number of ether oxygens (including phenoxy) is 1.